The summed E-state index contributed by atoms with van der Waals surface area (Å²) in [4.78, 5) is 18.5. The van der Waals surface area contributed by atoms with Crippen LogP contribution in [0.15, 0.2) is 48.8 Å². The number of carbonyl (C=O) groups is 1. The summed E-state index contributed by atoms with van der Waals surface area (Å²) in [6.45, 7) is 2.73. The van der Waals surface area contributed by atoms with Crippen LogP contribution in [0.2, 0.25) is 0 Å². The zero-order valence-corrected chi connectivity index (χ0v) is 15.3. The van der Waals surface area contributed by atoms with E-state index in [1.165, 1.54) is 5.56 Å². The molecule has 0 radical (unpaired) electrons. The van der Waals surface area contributed by atoms with Gasteiger partial charge in [0.1, 0.15) is 6.61 Å². The summed E-state index contributed by atoms with van der Waals surface area (Å²) in [6.07, 6.45) is 6.01. The Morgan fingerprint density at radius 1 is 1.19 bits per heavy atom. The number of likely N-dealkylation sites (tertiary alicyclic amines) is 1. The number of ether oxygens (including phenoxy) is 2. The van der Waals surface area contributed by atoms with Gasteiger partial charge in [-0.15, -0.1) is 0 Å². The second-order valence-corrected chi connectivity index (χ2v) is 7.06. The summed E-state index contributed by atoms with van der Waals surface area (Å²) in [6, 6.07) is 11.9. The van der Waals surface area contributed by atoms with Gasteiger partial charge in [-0.2, -0.15) is 0 Å². The average molecular weight is 367 g/mol. The minimum atomic E-state index is -0.118. The van der Waals surface area contributed by atoms with Crippen molar-refractivity contribution in [2.75, 3.05) is 19.7 Å². The van der Waals surface area contributed by atoms with E-state index in [0.29, 0.717) is 19.6 Å². The normalized spacial score (nSPS) is 21.5. The molecular formula is C21H25N3O3. The molecule has 27 heavy (non-hydrogen) atoms. The van der Waals surface area contributed by atoms with E-state index in [-0.39, 0.29) is 18.1 Å². The van der Waals surface area contributed by atoms with Gasteiger partial charge in [-0.1, -0.05) is 18.2 Å². The van der Waals surface area contributed by atoms with Crippen molar-refractivity contribution < 1.29 is 14.3 Å². The van der Waals surface area contributed by atoms with Gasteiger partial charge < -0.3 is 19.7 Å². The molecule has 0 spiro atoms. The standard InChI is InChI=1S/C21H25N3O3/c25-21-8-7-17(9-11-23-13-16-4-3-10-22-12-16)24(21)14-18-15-26-19-5-1-2-6-20(19)27-18/h1-6,10,12,17-18,23H,7-9,11,13-15H2/t17-,18-/m0/s1. The monoisotopic (exact) mass is 367 g/mol. The van der Waals surface area contributed by atoms with Gasteiger partial charge in [0.25, 0.3) is 0 Å². The maximum Gasteiger partial charge on any atom is 0.223 e. The summed E-state index contributed by atoms with van der Waals surface area (Å²) in [5.41, 5.74) is 1.17. The second-order valence-electron chi connectivity index (χ2n) is 7.06. The zero-order valence-electron chi connectivity index (χ0n) is 15.3. The molecule has 1 N–H and O–H groups in total. The van der Waals surface area contributed by atoms with E-state index >= 15 is 0 Å². The first-order valence-electron chi connectivity index (χ1n) is 9.57. The van der Waals surface area contributed by atoms with Crippen LogP contribution in [-0.2, 0) is 11.3 Å². The fraction of sp³-hybridized carbons (Fsp3) is 0.429. The third-order valence-electron chi connectivity index (χ3n) is 5.13. The van der Waals surface area contributed by atoms with Gasteiger partial charge in [-0.3, -0.25) is 9.78 Å². The Bertz CT molecular complexity index is 768. The maximum absolute atomic E-state index is 12.4. The van der Waals surface area contributed by atoms with Crippen LogP contribution in [0.4, 0.5) is 0 Å². The number of rotatable bonds is 7. The topological polar surface area (TPSA) is 63.7 Å². The Morgan fingerprint density at radius 2 is 2.07 bits per heavy atom. The Labute approximate surface area is 159 Å². The van der Waals surface area contributed by atoms with Crippen molar-refractivity contribution in [1.29, 1.82) is 0 Å². The molecule has 2 aromatic rings. The molecule has 6 nitrogen and oxygen atoms in total. The van der Waals surface area contributed by atoms with E-state index in [9.17, 15) is 4.79 Å². The fourth-order valence-corrected chi connectivity index (χ4v) is 3.72. The molecule has 4 rings (SSSR count). The quantitative estimate of drug-likeness (QED) is 0.762. The molecule has 0 bridgehead atoms. The van der Waals surface area contributed by atoms with Crippen LogP contribution in [-0.4, -0.2) is 47.6 Å². The third kappa shape index (κ3) is 4.39. The molecule has 0 unspecified atom stereocenters. The Kier molecular flexibility index (Phi) is 5.53. The zero-order chi connectivity index (χ0) is 18.5. The highest BCUT2D eigenvalue weighted by atomic mass is 16.6. The molecule has 1 saturated heterocycles. The van der Waals surface area contributed by atoms with E-state index in [1.54, 1.807) is 6.20 Å². The van der Waals surface area contributed by atoms with Gasteiger partial charge in [0.15, 0.2) is 17.6 Å². The Morgan fingerprint density at radius 3 is 2.93 bits per heavy atom. The highest BCUT2D eigenvalue weighted by molar-refractivity contribution is 5.78. The van der Waals surface area contributed by atoms with Crippen molar-refractivity contribution in [3.8, 4) is 11.5 Å². The Balaban J connectivity index is 1.27. The number of hydrogen-bond donors (Lipinski definition) is 1. The number of carbonyl (C=O) groups excluding carboxylic acids is 1. The van der Waals surface area contributed by atoms with Crippen molar-refractivity contribution in [2.45, 2.75) is 38.0 Å². The second kappa shape index (κ2) is 8.39. The number of pyridine rings is 1. The lowest BCUT2D eigenvalue weighted by Crippen LogP contribution is -2.45. The molecule has 3 heterocycles. The molecule has 2 atom stereocenters. The smallest absolute Gasteiger partial charge is 0.223 e. The first kappa shape index (κ1) is 17.8. The lowest BCUT2D eigenvalue weighted by molar-refractivity contribution is -0.130. The molecule has 0 saturated carbocycles. The van der Waals surface area contributed by atoms with Gasteiger partial charge in [0.2, 0.25) is 5.91 Å². The number of nitrogens with one attached hydrogen (secondary N) is 1. The van der Waals surface area contributed by atoms with Gasteiger partial charge in [0, 0.05) is 31.4 Å². The van der Waals surface area contributed by atoms with Crippen LogP contribution in [0.25, 0.3) is 0 Å². The lowest BCUT2D eigenvalue weighted by atomic mass is 10.1. The van der Waals surface area contributed by atoms with E-state index in [0.717, 1.165) is 37.4 Å². The number of fused-ring (bicyclic) bond motifs is 1. The Hall–Kier alpha value is -2.60. The van der Waals surface area contributed by atoms with Crippen LogP contribution in [0.5, 0.6) is 11.5 Å². The van der Waals surface area contributed by atoms with Crippen molar-refractivity contribution >= 4 is 5.91 Å². The predicted octanol–water partition coefficient (Wildman–Crippen LogP) is 2.39. The molecule has 0 aliphatic carbocycles. The molecule has 1 amide bonds. The van der Waals surface area contributed by atoms with Gasteiger partial charge in [0.05, 0.1) is 6.54 Å². The van der Waals surface area contributed by atoms with Crippen molar-refractivity contribution in [1.82, 2.24) is 15.2 Å². The van der Waals surface area contributed by atoms with Crippen molar-refractivity contribution in [3.05, 3.63) is 54.4 Å². The van der Waals surface area contributed by atoms with Crippen molar-refractivity contribution in [2.24, 2.45) is 0 Å². The molecule has 2 aliphatic rings. The van der Waals surface area contributed by atoms with Crippen LogP contribution in [0, 0.1) is 0 Å². The van der Waals surface area contributed by atoms with E-state index < -0.39 is 0 Å². The molecule has 1 fully saturated rings. The highest BCUT2D eigenvalue weighted by Crippen LogP contribution is 2.32. The average Bonchev–Trinajstić information content (AvgIpc) is 3.05. The van der Waals surface area contributed by atoms with Gasteiger partial charge in [-0.25, -0.2) is 0 Å². The van der Waals surface area contributed by atoms with E-state index in [4.69, 9.17) is 9.47 Å². The van der Waals surface area contributed by atoms with Crippen molar-refractivity contribution in [3.63, 3.8) is 0 Å². The summed E-state index contributed by atoms with van der Waals surface area (Å²) in [5.74, 6) is 1.75. The first-order valence-corrected chi connectivity index (χ1v) is 9.57. The van der Waals surface area contributed by atoms with E-state index in [2.05, 4.69) is 16.4 Å². The molecular weight excluding hydrogens is 342 g/mol. The predicted molar refractivity (Wildman–Crippen MR) is 102 cm³/mol. The minimum absolute atomic E-state index is 0.118. The van der Waals surface area contributed by atoms with Crippen LogP contribution in [0.1, 0.15) is 24.8 Å². The summed E-state index contributed by atoms with van der Waals surface area (Å²) < 4.78 is 11.8. The third-order valence-corrected chi connectivity index (χ3v) is 5.13. The molecule has 142 valence electrons. The summed E-state index contributed by atoms with van der Waals surface area (Å²) in [5, 5.41) is 3.45. The SMILES string of the molecule is O=C1CC[C@@H](CCNCc2cccnc2)N1C[C@H]1COc2ccccc2O1. The molecule has 2 aliphatic heterocycles. The largest absolute Gasteiger partial charge is 0.486 e. The number of hydrogen-bond acceptors (Lipinski definition) is 5. The van der Waals surface area contributed by atoms with Crippen LogP contribution in [0.3, 0.4) is 0 Å². The molecule has 1 aromatic heterocycles. The van der Waals surface area contributed by atoms with Gasteiger partial charge in [-0.05, 0) is 43.1 Å². The summed E-state index contributed by atoms with van der Waals surface area (Å²) >= 11 is 0. The van der Waals surface area contributed by atoms with E-state index in [1.807, 2.05) is 41.4 Å². The first-order chi connectivity index (χ1) is 13.3. The number of aromatic nitrogens is 1. The minimum Gasteiger partial charge on any atom is -0.486 e. The molecule has 6 heteroatoms. The number of para-hydroxylation sites is 2. The number of amides is 1. The van der Waals surface area contributed by atoms with Gasteiger partial charge >= 0.3 is 0 Å². The highest BCUT2D eigenvalue weighted by Gasteiger charge is 2.34. The lowest BCUT2D eigenvalue weighted by Gasteiger charge is -2.32. The fourth-order valence-electron chi connectivity index (χ4n) is 3.72. The number of benzene rings is 1. The van der Waals surface area contributed by atoms with Crippen LogP contribution < -0.4 is 14.8 Å². The number of nitrogens with zero attached hydrogens (tertiary/aromatic N) is 2. The molecule has 1 aromatic carbocycles. The summed E-state index contributed by atoms with van der Waals surface area (Å²) in [7, 11) is 0. The van der Waals surface area contributed by atoms with Crippen LogP contribution >= 0.6 is 0 Å². The maximum atomic E-state index is 12.4.